The maximum absolute atomic E-state index is 12.9. The van der Waals surface area contributed by atoms with Crippen LogP contribution in [0.2, 0.25) is 0 Å². The fourth-order valence-corrected chi connectivity index (χ4v) is 2.85. The number of nitrogens with two attached hydrogens (primary N) is 1. The molecule has 118 valence electrons. The van der Waals surface area contributed by atoms with Crippen LogP contribution in [0.4, 0.5) is 0 Å². The van der Waals surface area contributed by atoms with Gasteiger partial charge in [-0.15, -0.1) is 0 Å². The molecule has 0 aliphatic carbocycles. The topological polar surface area (TPSA) is 85.2 Å². The number of rotatable bonds is 2. The van der Waals surface area contributed by atoms with E-state index >= 15 is 0 Å². The average Bonchev–Trinajstić information content (AvgIpc) is 2.88. The molecular weight excluding hydrogens is 280 g/mol. The van der Waals surface area contributed by atoms with E-state index in [9.17, 15) is 4.79 Å². The predicted octanol–water partition coefficient (Wildman–Crippen LogP) is 2.22. The molecule has 3 heterocycles. The van der Waals surface area contributed by atoms with Crippen LogP contribution < -0.4 is 5.73 Å². The molecule has 6 heteroatoms. The first-order valence-corrected chi connectivity index (χ1v) is 7.79. The van der Waals surface area contributed by atoms with Gasteiger partial charge < -0.3 is 15.2 Å². The molecule has 3 rings (SSSR count). The molecule has 0 aromatic carbocycles. The summed E-state index contributed by atoms with van der Waals surface area (Å²) in [5.74, 6) is 0.239. The maximum atomic E-state index is 12.9. The van der Waals surface area contributed by atoms with Gasteiger partial charge in [0.2, 0.25) is 0 Å². The lowest BCUT2D eigenvalue weighted by Gasteiger charge is -2.30. The van der Waals surface area contributed by atoms with Crippen LogP contribution in [-0.2, 0) is 0 Å². The summed E-state index contributed by atoms with van der Waals surface area (Å²) in [6, 6.07) is 2.08. The smallest absolute Gasteiger partial charge is 0.259 e. The SMILES string of the molecule is Cc1noc2nc(C(C)C)cc(C(=O)N3CCC(N)CC3)c12. The molecule has 0 spiro atoms. The molecule has 1 saturated heterocycles. The van der Waals surface area contributed by atoms with Crippen LogP contribution in [0.1, 0.15) is 54.4 Å². The Morgan fingerprint density at radius 1 is 1.41 bits per heavy atom. The van der Waals surface area contributed by atoms with E-state index in [0.29, 0.717) is 30.1 Å². The van der Waals surface area contributed by atoms with Crippen LogP contribution in [0.15, 0.2) is 10.6 Å². The Morgan fingerprint density at radius 3 is 2.73 bits per heavy atom. The second-order valence-electron chi connectivity index (χ2n) is 6.33. The number of hydrogen-bond acceptors (Lipinski definition) is 5. The minimum atomic E-state index is 0.0208. The van der Waals surface area contributed by atoms with E-state index in [2.05, 4.69) is 10.1 Å². The van der Waals surface area contributed by atoms with Crippen molar-refractivity contribution in [2.45, 2.75) is 45.6 Å². The van der Waals surface area contributed by atoms with Gasteiger partial charge in [0.1, 0.15) is 0 Å². The first kappa shape index (κ1) is 15.0. The molecule has 6 nitrogen and oxygen atoms in total. The highest BCUT2D eigenvalue weighted by atomic mass is 16.5. The van der Waals surface area contributed by atoms with Crippen molar-refractivity contribution in [2.75, 3.05) is 13.1 Å². The molecule has 2 aromatic rings. The van der Waals surface area contributed by atoms with Crippen LogP contribution in [0.5, 0.6) is 0 Å². The summed E-state index contributed by atoms with van der Waals surface area (Å²) in [5.41, 5.74) is 8.56. The number of likely N-dealkylation sites (tertiary alicyclic amines) is 1. The normalized spacial score (nSPS) is 16.7. The van der Waals surface area contributed by atoms with Gasteiger partial charge in [-0.25, -0.2) is 4.98 Å². The van der Waals surface area contributed by atoms with Gasteiger partial charge in [-0.3, -0.25) is 4.79 Å². The molecule has 0 saturated carbocycles. The highest BCUT2D eigenvalue weighted by Crippen LogP contribution is 2.26. The van der Waals surface area contributed by atoms with Crippen molar-refractivity contribution in [3.05, 3.63) is 23.0 Å². The van der Waals surface area contributed by atoms with E-state index in [1.807, 2.05) is 31.7 Å². The molecule has 1 aliphatic heterocycles. The van der Waals surface area contributed by atoms with Gasteiger partial charge >= 0.3 is 0 Å². The molecule has 22 heavy (non-hydrogen) atoms. The molecule has 0 radical (unpaired) electrons. The number of hydrogen-bond donors (Lipinski definition) is 1. The highest BCUT2D eigenvalue weighted by Gasteiger charge is 2.26. The van der Waals surface area contributed by atoms with Crippen molar-refractivity contribution < 1.29 is 9.32 Å². The van der Waals surface area contributed by atoms with Crippen LogP contribution in [0, 0.1) is 6.92 Å². The van der Waals surface area contributed by atoms with Crippen LogP contribution >= 0.6 is 0 Å². The van der Waals surface area contributed by atoms with Crippen LogP contribution in [0.3, 0.4) is 0 Å². The van der Waals surface area contributed by atoms with Crippen LogP contribution in [0.25, 0.3) is 11.1 Å². The third kappa shape index (κ3) is 2.59. The third-order valence-electron chi connectivity index (χ3n) is 4.29. The minimum Gasteiger partial charge on any atom is -0.339 e. The predicted molar refractivity (Wildman–Crippen MR) is 83.7 cm³/mol. The zero-order chi connectivity index (χ0) is 15.9. The summed E-state index contributed by atoms with van der Waals surface area (Å²) in [6.45, 7) is 7.33. The standard InChI is InChI=1S/C16H22N4O2/c1-9(2)13-8-12(14-10(3)19-22-15(14)18-13)16(21)20-6-4-11(17)5-7-20/h8-9,11H,4-7,17H2,1-3H3. The van der Waals surface area contributed by atoms with Gasteiger partial charge in [0, 0.05) is 24.8 Å². The van der Waals surface area contributed by atoms with Crippen molar-refractivity contribution >= 4 is 17.0 Å². The third-order valence-corrected chi connectivity index (χ3v) is 4.29. The fourth-order valence-electron chi connectivity index (χ4n) is 2.85. The number of nitrogens with zero attached hydrogens (tertiary/aromatic N) is 3. The quantitative estimate of drug-likeness (QED) is 0.919. The molecular formula is C16H22N4O2. The first-order valence-electron chi connectivity index (χ1n) is 7.79. The Labute approximate surface area is 129 Å². The number of aryl methyl sites for hydroxylation is 1. The highest BCUT2D eigenvalue weighted by molar-refractivity contribution is 6.06. The number of amides is 1. The first-order chi connectivity index (χ1) is 10.5. The Bertz CT molecular complexity index is 699. The van der Waals surface area contributed by atoms with Gasteiger partial charge in [0.25, 0.3) is 11.6 Å². The van der Waals surface area contributed by atoms with Crippen molar-refractivity contribution in [1.82, 2.24) is 15.0 Å². The number of pyridine rings is 1. The lowest BCUT2D eigenvalue weighted by molar-refractivity contribution is 0.0716. The fraction of sp³-hybridized carbons (Fsp3) is 0.562. The van der Waals surface area contributed by atoms with Crippen LogP contribution in [-0.4, -0.2) is 40.1 Å². The summed E-state index contributed by atoms with van der Waals surface area (Å²) < 4.78 is 5.28. The Kier molecular flexibility index (Phi) is 3.87. The summed E-state index contributed by atoms with van der Waals surface area (Å²) >= 11 is 0. The Morgan fingerprint density at radius 2 is 2.09 bits per heavy atom. The summed E-state index contributed by atoms with van der Waals surface area (Å²) in [6.07, 6.45) is 1.69. The Hall–Kier alpha value is -1.95. The van der Waals surface area contributed by atoms with E-state index in [1.165, 1.54) is 0 Å². The number of piperidine rings is 1. The molecule has 0 atom stereocenters. The zero-order valence-corrected chi connectivity index (χ0v) is 13.3. The van der Waals surface area contributed by atoms with Crippen molar-refractivity contribution in [3.8, 4) is 0 Å². The minimum absolute atomic E-state index is 0.0208. The Balaban J connectivity index is 2.04. The second-order valence-corrected chi connectivity index (χ2v) is 6.33. The molecule has 1 fully saturated rings. The van der Waals surface area contributed by atoms with Gasteiger partial charge in [-0.05, 0) is 31.7 Å². The van der Waals surface area contributed by atoms with Gasteiger partial charge in [-0.2, -0.15) is 0 Å². The number of carbonyl (C=O) groups excluding carboxylic acids is 1. The van der Waals surface area contributed by atoms with Crippen molar-refractivity contribution in [2.24, 2.45) is 5.73 Å². The largest absolute Gasteiger partial charge is 0.339 e. The van der Waals surface area contributed by atoms with E-state index in [1.54, 1.807) is 0 Å². The number of carbonyl (C=O) groups is 1. The van der Waals surface area contributed by atoms with Gasteiger partial charge in [0.05, 0.1) is 16.6 Å². The molecule has 1 amide bonds. The lowest BCUT2D eigenvalue weighted by Crippen LogP contribution is -2.43. The lowest BCUT2D eigenvalue weighted by atomic mass is 10.0. The molecule has 2 aromatic heterocycles. The molecule has 0 bridgehead atoms. The summed E-state index contributed by atoms with van der Waals surface area (Å²) in [5, 5.41) is 4.69. The van der Waals surface area contributed by atoms with E-state index in [4.69, 9.17) is 10.3 Å². The van der Waals surface area contributed by atoms with Gasteiger partial charge in [0.15, 0.2) is 0 Å². The van der Waals surface area contributed by atoms with Gasteiger partial charge in [-0.1, -0.05) is 19.0 Å². The average molecular weight is 302 g/mol. The molecule has 1 aliphatic rings. The van der Waals surface area contributed by atoms with E-state index in [-0.39, 0.29) is 17.9 Å². The summed E-state index contributed by atoms with van der Waals surface area (Å²) in [4.78, 5) is 19.3. The monoisotopic (exact) mass is 302 g/mol. The molecule has 2 N–H and O–H groups in total. The van der Waals surface area contributed by atoms with Crippen molar-refractivity contribution in [1.29, 1.82) is 0 Å². The number of fused-ring (bicyclic) bond motifs is 1. The van der Waals surface area contributed by atoms with E-state index in [0.717, 1.165) is 23.9 Å². The zero-order valence-electron chi connectivity index (χ0n) is 13.3. The van der Waals surface area contributed by atoms with E-state index < -0.39 is 0 Å². The maximum Gasteiger partial charge on any atom is 0.259 e. The molecule has 0 unspecified atom stereocenters. The second kappa shape index (κ2) is 5.68. The number of aromatic nitrogens is 2. The summed E-state index contributed by atoms with van der Waals surface area (Å²) in [7, 11) is 0. The van der Waals surface area contributed by atoms with Crippen molar-refractivity contribution in [3.63, 3.8) is 0 Å².